The Hall–Kier alpha value is -3.80. The van der Waals surface area contributed by atoms with Crippen LogP contribution in [0.1, 0.15) is 18.2 Å². The first-order chi connectivity index (χ1) is 17.0. The van der Waals surface area contributed by atoms with Crippen molar-refractivity contribution < 1.29 is 13.6 Å². The minimum atomic E-state index is -0.300. The SMILES string of the molecule is CCc1ccc2oc(-c3cccc(NC(=O)C=Cc4ccc(-c5cccc(Cl)c5Cl)o4)c3)nc2c1. The van der Waals surface area contributed by atoms with E-state index in [1.165, 1.54) is 11.6 Å². The fourth-order valence-corrected chi connectivity index (χ4v) is 4.06. The summed E-state index contributed by atoms with van der Waals surface area (Å²) in [6, 6.07) is 22.2. The van der Waals surface area contributed by atoms with E-state index in [2.05, 4.69) is 17.2 Å². The topological polar surface area (TPSA) is 68.3 Å². The molecule has 0 aliphatic rings. The van der Waals surface area contributed by atoms with E-state index < -0.39 is 0 Å². The number of carbonyl (C=O) groups excluding carboxylic acids is 1. The van der Waals surface area contributed by atoms with Crippen molar-refractivity contribution in [3.05, 3.63) is 100 Å². The molecule has 1 N–H and O–H groups in total. The number of anilines is 1. The number of aryl methyl sites for hydroxylation is 1. The third-order valence-electron chi connectivity index (χ3n) is 5.48. The Bertz CT molecular complexity index is 1570. The van der Waals surface area contributed by atoms with Gasteiger partial charge >= 0.3 is 0 Å². The number of rotatable bonds is 6. The molecule has 0 saturated carbocycles. The minimum Gasteiger partial charge on any atom is -0.457 e. The highest BCUT2D eigenvalue weighted by Crippen LogP contribution is 2.34. The van der Waals surface area contributed by atoms with Gasteiger partial charge in [-0.2, -0.15) is 0 Å². The van der Waals surface area contributed by atoms with E-state index in [-0.39, 0.29) is 5.91 Å². The average molecular weight is 503 g/mol. The molecule has 0 saturated heterocycles. The van der Waals surface area contributed by atoms with Crippen LogP contribution >= 0.6 is 23.2 Å². The molecule has 5 aromatic rings. The van der Waals surface area contributed by atoms with Crippen molar-refractivity contribution in [2.45, 2.75) is 13.3 Å². The van der Waals surface area contributed by atoms with Gasteiger partial charge in [0.15, 0.2) is 5.58 Å². The molecule has 0 aliphatic carbocycles. The summed E-state index contributed by atoms with van der Waals surface area (Å²) >= 11 is 12.3. The second-order valence-corrected chi connectivity index (χ2v) is 8.67. The smallest absolute Gasteiger partial charge is 0.248 e. The lowest BCUT2D eigenvalue weighted by Crippen LogP contribution is -2.07. The number of nitrogens with one attached hydrogen (secondary N) is 1. The summed E-state index contributed by atoms with van der Waals surface area (Å²) < 4.78 is 11.7. The first-order valence-electron chi connectivity index (χ1n) is 11.0. The van der Waals surface area contributed by atoms with Crippen molar-refractivity contribution in [2.75, 3.05) is 5.32 Å². The van der Waals surface area contributed by atoms with Crippen LogP contribution in [-0.2, 0) is 11.2 Å². The standard InChI is InChI=1S/C28H20Cl2N2O3/c1-2-17-9-12-25-23(15-17)32-28(35-25)18-5-3-6-19(16-18)31-26(33)14-11-20-10-13-24(34-20)21-7-4-8-22(29)27(21)30/h3-16H,2H2,1H3,(H,31,33). The van der Waals surface area contributed by atoms with E-state index in [0.717, 1.165) is 23.1 Å². The zero-order chi connectivity index (χ0) is 24.4. The Balaban J connectivity index is 1.29. The summed E-state index contributed by atoms with van der Waals surface area (Å²) in [4.78, 5) is 17.1. The van der Waals surface area contributed by atoms with Gasteiger partial charge in [-0.3, -0.25) is 4.79 Å². The van der Waals surface area contributed by atoms with Crippen LogP contribution in [0.2, 0.25) is 10.0 Å². The maximum absolute atomic E-state index is 12.5. The van der Waals surface area contributed by atoms with Gasteiger partial charge < -0.3 is 14.2 Å². The van der Waals surface area contributed by atoms with E-state index in [1.807, 2.05) is 42.5 Å². The predicted molar refractivity (Wildman–Crippen MR) is 141 cm³/mol. The second kappa shape index (κ2) is 9.82. The summed E-state index contributed by atoms with van der Waals surface area (Å²) in [5.41, 5.74) is 4.82. The van der Waals surface area contributed by atoms with Crippen LogP contribution in [0.5, 0.6) is 0 Å². The lowest BCUT2D eigenvalue weighted by Gasteiger charge is -2.03. The molecule has 3 aromatic carbocycles. The van der Waals surface area contributed by atoms with Gasteiger partial charge in [-0.05, 0) is 72.7 Å². The van der Waals surface area contributed by atoms with Crippen LogP contribution < -0.4 is 5.32 Å². The van der Waals surface area contributed by atoms with E-state index in [9.17, 15) is 4.79 Å². The summed E-state index contributed by atoms with van der Waals surface area (Å²) in [6.45, 7) is 2.10. The Morgan fingerprint density at radius 3 is 2.71 bits per heavy atom. The molecule has 0 bridgehead atoms. The van der Waals surface area contributed by atoms with Gasteiger partial charge in [-0.25, -0.2) is 4.98 Å². The summed E-state index contributed by atoms with van der Waals surface area (Å²) in [5, 5.41) is 3.72. The fourth-order valence-electron chi connectivity index (χ4n) is 3.67. The molecule has 0 atom stereocenters. The number of hydrogen-bond acceptors (Lipinski definition) is 4. The largest absolute Gasteiger partial charge is 0.457 e. The van der Waals surface area contributed by atoms with Crippen LogP contribution in [0.15, 0.2) is 87.7 Å². The Morgan fingerprint density at radius 2 is 1.86 bits per heavy atom. The van der Waals surface area contributed by atoms with Crippen molar-refractivity contribution in [3.63, 3.8) is 0 Å². The number of furan rings is 1. The van der Waals surface area contributed by atoms with Gasteiger partial charge in [-0.1, -0.05) is 48.3 Å². The Kier molecular flexibility index (Phi) is 6.45. The van der Waals surface area contributed by atoms with Crippen LogP contribution in [0.25, 0.3) is 40.0 Å². The molecule has 1 amide bonds. The van der Waals surface area contributed by atoms with E-state index in [1.54, 1.807) is 36.4 Å². The van der Waals surface area contributed by atoms with Crippen molar-refractivity contribution >= 4 is 52.0 Å². The monoisotopic (exact) mass is 502 g/mol. The van der Waals surface area contributed by atoms with Gasteiger partial charge in [0.2, 0.25) is 11.8 Å². The van der Waals surface area contributed by atoms with Crippen molar-refractivity contribution in [3.8, 4) is 22.8 Å². The molecule has 0 radical (unpaired) electrons. The molecule has 5 rings (SSSR count). The van der Waals surface area contributed by atoms with Crippen molar-refractivity contribution in [1.82, 2.24) is 4.98 Å². The van der Waals surface area contributed by atoms with Gasteiger partial charge in [0.1, 0.15) is 17.0 Å². The first-order valence-corrected chi connectivity index (χ1v) is 11.8. The third-order valence-corrected chi connectivity index (χ3v) is 6.30. The lowest BCUT2D eigenvalue weighted by molar-refractivity contribution is -0.111. The van der Waals surface area contributed by atoms with Gasteiger partial charge in [-0.15, -0.1) is 0 Å². The zero-order valence-corrected chi connectivity index (χ0v) is 20.2. The van der Waals surface area contributed by atoms with Crippen LogP contribution in [-0.4, -0.2) is 10.9 Å². The maximum atomic E-state index is 12.5. The molecule has 2 heterocycles. The number of aromatic nitrogens is 1. The highest BCUT2D eigenvalue weighted by Gasteiger charge is 2.12. The third kappa shape index (κ3) is 5.02. The van der Waals surface area contributed by atoms with Crippen molar-refractivity contribution in [1.29, 1.82) is 0 Å². The van der Waals surface area contributed by atoms with E-state index >= 15 is 0 Å². The van der Waals surface area contributed by atoms with Gasteiger partial charge in [0, 0.05) is 22.9 Å². The molecular formula is C28H20Cl2N2O3. The summed E-state index contributed by atoms with van der Waals surface area (Å²) in [6.07, 6.45) is 3.93. The van der Waals surface area contributed by atoms with Crippen molar-refractivity contribution in [2.24, 2.45) is 0 Å². The van der Waals surface area contributed by atoms with E-state index in [4.69, 9.17) is 32.0 Å². The number of amides is 1. The molecule has 0 spiro atoms. The number of carbonyl (C=O) groups is 1. The highest BCUT2D eigenvalue weighted by molar-refractivity contribution is 6.43. The Morgan fingerprint density at radius 1 is 1.00 bits per heavy atom. The minimum absolute atomic E-state index is 0.300. The second-order valence-electron chi connectivity index (χ2n) is 7.88. The lowest BCUT2D eigenvalue weighted by atomic mass is 10.1. The predicted octanol–water partition coefficient (Wildman–Crippen LogP) is 8.28. The molecule has 2 aromatic heterocycles. The van der Waals surface area contributed by atoms with E-state index in [0.29, 0.717) is 38.7 Å². The maximum Gasteiger partial charge on any atom is 0.248 e. The van der Waals surface area contributed by atoms with Gasteiger partial charge in [0.05, 0.1) is 10.0 Å². The first kappa shape index (κ1) is 23.0. The number of hydrogen-bond donors (Lipinski definition) is 1. The van der Waals surface area contributed by atoms with Crippen LogP contribution in [0.4, 0.5) is 5.69 Å². The average Bonchev–Trinajstić information content (AvgIpc) is 3.51. The highest BCUT2D eigenvalue weighted by atomic mass is 35.5. The number of oxazole rings is 1. The molecule has 0 fully saturated rings. The number of fused-ring (bicyclic) bond motifs is 1. The number of halogens is 2. The molecule has 7 heteroatoms. The van der Waals surface area contributed by atoms with Gasteiger partial charge in [0.25, 0.3) is 0 Å². The molecule has 0 aliphatic heterocycles. The zero-order valence-electron chi connectivity index (χ0n) is 18.7. The molecule has 5 nitrogen and oxygen atoms in total. The fraction of sp³-hybridized carbons (Fsp3) is 0.0714. The molecule has 174 valence electrons. The normalized spacial score (nSPS) is 11.4. The summed E-state index contributed by atoms with van der Waals surface area (Å²) in [7, 11) is 0. The molecule has 35 heavy (non-hydrogen) atoms. The van der Waals surface area contributed by atoms with Crippen LogP contribution in [0, 0.1) is 0 Å². The molecular weight excluding hydrogens is 483 g/mol. The number of nitrogens with zero attached hydrogens (tertiary/aromatic N) is 1. The quantitative estimate of drug-likeness (QED) is 0.237. The molecule has 0 unspecified atom stereocenters. The van der Waals surface area contributed by atoms with Crippen LogP contribution in [0.3, 0.4) is 0 Å². The number of benzene rings is 3. The Labute approximate surface area is 212 Å². The summed E-state index contributed by atoms with van der Waals surface area (Å²) in [5.74, 6) is 1.28.